The van der Waals surface area contributed by atoms with Crippen molar-refractivity contribution in [2.75, 3.05) is 11.9 Å². The van der Waals surface area contributed by atoms with Crippen LogP contribution in [0.4, 0.5) is 32.0 Å². The van der Waals surface area contributed by atoms with Crippen molar-refractivity contribution in [1.29, 1.82) is 0 Å². The second-order valence-corrected chi connectivity index (χ2v) is 13.0. The second kappa shape index (κ2) is 13.6. The lowest BCUT2D eigenvalue weighted by Crippen LogP contribution is -2.47. The Morgan fingerprint density at radius 3 is 1.98 bits per heavy atom. The van der Waals surface area contributed by atoms with Crippen molar-refractivity contribution < 1.29 is 35.9 Å². The first kappa shape index (κ1) is 35.5. The fourth-order valence-electron chi connectivity index (χ4n) is 7.32. The summed E-state index contributed by atoms with van der Waals surface area (Å²) >= 11 is 0. The van der Waals surface area contributed by atoms with Crippen molar-refractivity contribution in [2.24, 2.45) is 7.05 Å². The van der Waals surface area contributed by atoms with Crippen molar-refractivity contribution in [3.63, 3.8) is 0 Å². The number of carbonyl (C=O) groups is 2. The Kier molecular flexibility index (Phi) is 9.09. The van der Waals surface area contributed by atoms with Gasteiger partial charge in [-0.2, -0.15) is 26.3 Å². The largest absolute Gasteiger partial charge is 0.416 e. The normalized spacial score (nSPS) is 13.4. The molecule has 0 saturated carbocycles. The molecule has 0 unspecified atom stereocenters. The highest BCUT2D eigenvalue weighted by Crippen LogP contribution is 2.51. The Bertz CT molecular complexity index is 2300. The van der Waals surface area contributed by atoms with E-state index in [2.05, 4.69) is 10.6 Å². The number of hydrogen-bond donors (Lipinski definition) is 2. The average molecular weight is 727 g/mol. The van der Waals surface area contributed by atoms with Crippen LogP contribution in [0.1, 0.15) is 45.7 Å². The van der Waals surface area contributed by atoms with Crippen molar-refractivity contribution in [2.45, 2.75) is 37.0 Å². The fraction of sp³-hybridized carbons (Fsp3) is 0.195. The van der Waals surface area contributed by atoms with Gasteiger partial charge in [-0.05, 0) is 82.6 Å². The molecule has 0 bridgehead atoms. The van der Waals surface area contributed by atoms with Gasteiger partial charge in [0.1, 0.15) is 17.8 Å². The van der Waals surface area contributed by atoms with Gasteiger partial charge in [0.2, 0.25) is 5.91 Å². The Labute approximate surface area is 300 Å². The number of anilines is 1. The minimum absolute atomic E-state index is 0.230. The topological polar surface area (TPSA) is 76.0 Å². The van der Waals surface area contributed by atoms with Gasteiger partial charge in [0.15, 0.2) is 0 Å². The molecule has 0 fully saturated rings. The molecule has 6 nitrogen and oxygen atoms in total. The number of aromatic nitrogens is 2. The lowest BCUT2D eigenvalue weighted by Gasteiger charge is -2.31. The quantitative estimate of drug-likeness (QED) is 0.146. The standard InChI is InChI=1S/C41H32F6N4O2/c1-51-35-21-20-27(49-37(52)31-12-3-2-9-28(31)25-16-18-26(19-17-25)41(45,46)47)23-34(35)50-36(51)15-8-22-39(38(53)48-24-40(42,43)44)32-13-6-4-10-29(32)30-11-5-7-14-33(30)39/h2-7,9-14,16-21,23H,8,15,22,24H2,1H3,(H,48,53)(H,49,52). The SMILES string of the molecule is Cn1c(CCCC2(C(=O)NCC(F)(F)F)c3ccccc3-c3ccccc32)nc2cc(NC(=O)c3ccccc3-c3ccc(C(F)(F)F)cc3)ccc21. The number of rotatable bonds is 9. The van der Waals surface area contributed by atoms with Gasteiger partial charge in [0.05, 0.1) is 16.6 Å². The number of carbonyl (C=O) groups excluding carboxylic acids is 2. The van der Waals surface area contributed by atoms with Crippen LogP contribution in [0.2, 0.25) is 0 Å². The van der Waals surface area contributed by atoms with E-state index >= 15 is 0 Å². The number of hydrogen-bond acceptors (Lipinski definition) is 3. The zero-order chi connectivity index (χ0) is 37.5. The number of fused-ring (bicyclic) bond motifs is 4. The molecule has 2 N–H and O–H groups in total. The van der Waals surface area contributed by atoms with Crippen LogP contribution in [0.3, 0.4) is 0 Å². The number of nitrogens with one attached hydrogen (secondary N) is 2. The monoisotopic (exact) mass is 726 g/mol. The van der Waals surface area contributed by atoms with E-state index in [1.807, 2.05) is 35.9 Å². The van der Waals surface area contributed by atoms with Gasteiger partial charge in [0, 0.05) is 24.7 Å². The van der Waals surface area contributed by atoms with Crippen molar-refractivity contribution in [3.8, 4) is 22.3 Å². The number of alkyl halides is 6. The van der Waals surface area contributed by atoms with E-state index in [1.54, 1.807) is 66.7 Å². The second-order valence-electron chi connectivity index (χ2n) is 13.0. The summed E-state index contributed by atoms with van der Waals surface area (Å²) in [5, 5.41) is 5.03. The summed E-state index contributed by atoms with van der Waals surface area (Å²) in [5.74, 6) is -0.485. The van der Waals surface area contributed by atoms with E-state index in [0.717, 1.165) is 28.8 Å². The molecule has 270 valence electrons. The number of amides is 2. The van der Waals surface area contributed by atoms with Crippen molar-refractivity contribution >= 4 is 28.5 Å². The number of imidazole rings is 1. The minimum atomic E-state index is -4.57. The highest BCUT2D eigenvalue weighted by molar-refractivity contribution is 6.09. The highest BCUT2D eigenvalue weighted by atomic mass is 19.4. The van der Waals surface area contributed by atoms with Crippen molar-refractivity contribution in [1.82, 2.24) is 14.9 Å². The highest BCUT2D eigenvalue weighted by Gasteiger charge is 2.49. The average Bonchev–Trinajstić information content (AvgIpc) is 3.61. The Morgan fingerprint density at radius 2 is 1.36 bits per heavy atom. The van der Waals surface area contributed by atoms with Crippen LogP contribution in [0, 0.1) is 0 Å². The predicted molar refractivity (Wildman–Crippen MR) is 190 cm³/mol. The third kappa shape index (κ3) is 6.76. The maximum atomic E-state index is 13.9. The number of benzene rings is 5. The molecule has 0 aliphatic heterocycles. The minimum Gasteiger partial charge on any atom is -0.346 e. The van der Waals surface area contributed by atoms with Crippen LogP contribution < -0.4 is 10.6 Å². The van der Waals surface area contributed by atoms with Gasteiger partial charge < -0.3 is 15.2 Å². The van der Waals surface area contributed by atoms with E-state index in [-0.39, 0.29) is 12.0 Å². The molecule has 53 heavy (non-hydrogen) atoms. The molecule has 0 atom stereocenters. The van der Waals surface area contributed by atoms with E-state index < -0.39 is 41.7 Å². The maximum absolute atomic E-state index is 13.9. The predicted octanol–water partition coefficient (Wildman–Crippen LogP) is 9.48. The lowest BCUT2D eigenvalue weighted by molar-refractivity contribution is -0.141. The molecule has 6 aromatic rings. The van der Waals surface area contributed by atoms with Gasteiger partial charge in [-0.15, -0.1) is 0 Å². The zero-order valence-corrected chi connectivity index (χ0v) is 28.3. The molecule has 1 heterocycles. The molecule has 1 aliphatic rings. The molecule has 0 spiro atoms. The van der Waals surface area contributed by atoms with Gasteiger partial charge >= 0.3 is 12.4 Å². The summed E-state index contributed by atoms with van der Waals surface area (Å²) < 4.78 is 81.1. The molecule has 7 rings (SSSR count). The van der Waals surface area contributed by atoms with Gasteiger partial charge in [-0.3, -0.25) is 9.59 Å². The van der Waals surface area contributed by atoms with Crippen LogP contribution in [0.25, 0.3) is 33.3 Å². The van der Waals surface area contributed by atoms with E-state index in [1.165, 1.54) is 12.1 Å². The maximum Gasteiger partial charge on any atom is 0.416 e. The first-order valence-electron chi connectivity index (χ1n) is 16.8. The summed E-state index contributed by atoms with van der Waals surface area (Å²) in [6.45, 7) is -1.44. The van der Waals surface area contributed by atoms with Gasteiger partial charge in [-0.1, -0.05) is 78.9 Å². The fourth-order valence-corrected chi connectivity index (χ4v) is 7.32. The van der Waals surface area contributed by atoms with Crippen LogP contribution in [0.15, 0.2) is 115 Å². The third-order valence-electron chi connectivity index (χ3n) is 9.78. The number of nitrogens with zero attached hydrogens (tertiary/aromatic N) is 2. The molecule has 1 aromatic heterocycles. The molecule has 1 aliphatic carbocycles. The molecule has 12 heteroatoms. The Morgan fingerprint density at radius 1 is 0.755 bits per heavy atom. The zero-order valence-electron chi connectivity index (χ0n) is 28.3. The molecule has 0 radical (unpaired) electrons. The first-order chi connectivity index (χ1) is 25.3. The van der Waals surface area contributed by atoms with E-state index in [4.69, 9.17) is 4.98 Å². The molecule has 5 aromatic carbocycles. The van der Waals surface area contributed by atoms with Crippen LogP contribution in [-0.2, 0) is 29.9 Å². The molecular weight excluding hydrogens is 694 g/mol. The Hall–Kier alpha value is -5.91. The van der Waals surface area contributed by atoms with Crippen LogP contribution in [-0.4, -0.2) is 34.1 Å². The number of halogens is 6. The summed E-state index contributed by atoms with van der Waals surface area (Å²) in [5.41, 5.74) is 3.83. The van der Waals surface area contributed by atoms with Crippen LogP contribution in [0.5, 0.6) is 0 Å². The summed E-state index contributed by atoms with van der Waals surface area (Å²) in [4.78, 5) is 32.1. The summed E-state index contributed by atoms with van der Waals surface area (Å²) in [6.07, 6.45) is -8.00. The van der Waals surface area contributed by atoms with E-state index in [9.17, 15) is 35.9 Å². The summed E-state index contributed by atoms with van der Waals surface area (Å²) in [6, 6.07) is 31.1. The van der Waals surface area contributed by atoms with Crippen LogP contribution >= 0.6 is 0 Å². The molecule has 0 saturated heterocycles. The smallest absolute Gasteiger partial charge is 0.346 e. The van der Waals surface area contributed by atoms with Crippen molar-refractivity contribution in [3.05, 3.63) is 143 Å². The third-order valence-corrected chi connectivity index (χ3v) is 9.78. The summed E-state index contributed by atoms with van der Waals surface area (Å²) in [7, 11) is 1.84. The lowest BCUT2D eigenvalue weighted by atomic mass is 9.73. The Balaban J connectivity index is 1.12. The molecule has 2 amide bonds. The van der Waals surface area contributed by atoms with Gasteiger partial charge in [0.25, 0.3) is 5.91 Å². The van der Waals surface area contributed by atoms with Gasteiger partial charge in [-0.25, -0.2) is 4.98 Å². The molecular formula is C41H32F6N4O2. The first-order valence-corrected chi connectivity index (χ1v) is 16.8. The van der Waals surface area contributed by atoms with E-state index in [0.29, 0.717) is 52.1 Å². The number of aryl methyl sites for hydroxylation is 2.